The van der Waals surface area contributed by atoms with E-state index in [1.807, 2.05) is 36.9 Å². The molecule has 134 valence electrons. The first-order chi connectivity index (χ1) is 12.5. The number of carbonyl (C=O) groups excluding carboxylic acids is 1. The van der Waals surface area contributed by atoms with Crippen LogP contribution in [0.5, 0.6) is 0 Å². The van der Waals surface area contributed by atoms with Crippen LogP contribution in [0.15, 0.2) is 22.6 Å². The Hall–Kier alpha value is -2.63. The lowest BCUT2D eigenvalue weighted by molar-refractivity contribution is 0.0648. The minimum atomic E-state index is -0.0644. The number of benzene rings is 1. The maximum atomic E-state index is 13.2. The summed E-state index contributed by atoms with van der Waals surface area (Å²) in [5.74, 6) is 2.90. The number of aromatic nitrogens is 3. The second kappa shape index (κ2) is 5.43. The van der Waals surface area contributed by atoms with E-state index in [1.54, 1.807) is 0 Å². The van der Waals surface area contributed by atoms with Crippen LogP contribution in [-0.2, 0) is 6.54 Å². The second-order valence-corrected chi connectivity index (χ2v) is 7.71. The van der Waals surface area contributed by atoms with Crippen molar-refractivity contribution >= 4 is 16.9 Å². The van der Waals surface area contributed by atoms with Crippen LogP contribution in [0.2, 0.25) is 0 Å². The first kappa shape index (κ1) is 15.6. The number of nitrogens with zero attached hydrogens (tertiary/aromatic N) is 4. The summed E-state index contributed by atoms with van der Waals surface area (Å²) in [5, 5.41) is 9.75. The fraction of sp³-hybridized carbons (Fsp3) is 0.450. The first-order valence-corrected chi connectivity index (χ1v) is 9.25. The van der Waals surface area contributed by atoms with E-state index >= 15 is 0 Å². The van der Waals surface area contributed by atoms with Gasteiger partial charge in [-0.1, -0.05) is 12.1 Å². The third kappa shape index (κ3) is 2.28. The van der Waals surface area contributed by atoms with Gasteiger partial charge in [-0.3, -0.25) is 4.79 Å². The summed E-state index contributed by atoms with van der Waals surface area (Å²) >= 11 is 0. The largest absolute Gasteiger partial charge is 0.451 e. The Morgan fingerprint density at radius 2 is 2.04 bits per heavy atom. The molecule has 0 saturated heterocycles. The van der Waals surface area contributed by atoms with Crippen molar-refractivity contribution < 1.29 is 9.21 Å². The predicted octanol–water partition coefficient (Wildman–Crippen LogP) is 3.74. The Balaban J connectivity index is 1.48. The second-order valence-electron chi connectivity index (χ2n) is 7.71. The molecule has 26 heavy (non-hydrogen) atoms. The van der Waals surface area contributed by atoms with Crippen LogP contribution in [0.1, 0.15) is 65.1 Å². The van der Waals surface area contributed by atoms with Gasteiger partial charge in [0.15, 0.2) is 11.6 Å². The predicted molar refractivity (Wildman–Crippen MR) is 97.1 cm³/mol. The van der Waals surface area contributed by atoms with E-state index in [4.69, 9.17) is 4.42 Å². The summed E-state index contributed by atoms with van der Waals surface area (Å²) in [4.78, 5) is 15.0. The summed E-state index contributed by atoms with van der Waals surface area (Å²) in [5.41, 5.74) is 2.80. The van der Waals surface area contributed by atoms with Crippen molar-refractivity contribution in [1.29, 1.82) is 0 Å². The molecular formula is C20H22N4O2. The molecule has 3 aromatic rings. The van der Waals surface area contributed by atoms with Gasteiger partial charge in [-0.15, -0.1) is 10.2 Å². The highest BCUT2D eigenvalue weighted by Gasteiger charge is 2.36. The van der Waals surface area contributed by atoms with Gasteiger partial charge in [0.1, 0.15) is 11.4 Å². The molecule has 1 aromatic carbocycles. The van der Waals surface area contributed by atoms with E-state index in [2.05, 4.69) is 21.7 Å². The van der Waals surface area contributed by atoms with E-state index in [1.165, 1.54) is 12.8 Å². The number of aryl methyl sites for hydroxylation is 2. The number of furan rings is 1. The third-order valence-corrected chi connectivity index (χ3v) is 5.57. The average Bonchev–Trinajstić information content (AvgIpc) is 3.29. The quantitative estimate of drug-likeness (QED) is 0.706. The Bertz CT molecular complexity index is 1030. The van der Waals surface area contributed by atoms with Crippen LogP contribution in [0, 0.1) is 13.8 Å². The zero-order chi connectivity index (χ0) is 18.0. The topological polar surface area (TPSA) is 64.2 Å². The Morgan fingerprint density at radius 1 is 1.23 bits per heavy atom. The van der Waals surface area contributed by atoms with Gasteiger partial charge in [0.25, 0.3) is 5.91 Å². The molecule has 1 saturated carbocycles. The van der Waals surface area contributed by atoms with Crippen LogP contribution >= 0.6 is 0 Å². The summed E-state index contributed by atoms with van der Waals surface area (Å²) in [6, 6.07) is 6.23. The zero-order valence-corrected chi connectivity index (χ0v) is 15.3. The standard InChI is InChI=1S/C20H22N4O2/c1-11-4-7-15-13(3)18(26-16(15)8-11)20(25)23-9-12(2)24-17(10-23)21-22-19(24)14-5-6-14/h4,7-8,12,14H,5-6,9-10H2,1-3H3/t12-/m0/s1. The van der Waals surface area contributed by atoms with Gasteiger partial charge in [-0.05, 0) is 45.2 Å². The van der Waals surface area contributed by atoms with E-state index in [0.717, 1.165) is 33.7 Å². The molecule has 3 heterocycles. The van der Waals surface area contributed by atoms with Gasteiger partial charge in [0.05, 0.1) is 12.6 Å². The first-order valence-electron chi connectivity index (χ1n) is 9.25. The van der Waals surface area contributed by atoms with Gasteiger partial charge in [0.2, 0.25) is 0 Å². The smallest absolute Gasteiger partial charge is 0.290 e. The van der Waals surface area contributed by atoms with Crippen LogP contribution < -0.4 is 0 Å². The molecule has 0 spiro atoms. The molecular weight excluding hydrogens is 328 g/mol. The molecule has 5 rings (SSSR count). The fourth-order valence-electron chi connectivity index (χ4n) is 4.02. The highest BCUT2D eigenvalue weighted by atomic mass is 16.3. The van der Waals surface area contributed by atoms with Gasteiger partial charge < -0.3 is 13.9 Å². The minimum absolute atomic E-state index is 0.0644. The van der Waals surface area contributed by atoms with Crippen molar-refractivity contribution in [3.05, 3.63) is 46.7 Å². The molecule has 1 aliphatic heterocycles. The van der Waals surface area contributed by atoms with Gasteiger partial charge in [0, 0.05) is 23.4 Å². The lowest BCUT2D eigenvalue weighted by Gasteiger charge is -2.32. The molecule has 0 N–H and O–H groups in total. The average molecular weight is 350 g/mol. The molecule has 1 aliphatic carbocycles. The molecule has 1 atom stereocenters. The molecule has 1 fully saturated rings. The zero-order valence-electron chi connectivity index (χ0n) is 15.3. The van der Waals surface area contributed by atoms with Crippen molar-refractivity contribution in [2.75, 3.05) is 6.54 Å². The highest BCUT2D eigenvalue weighted by molar-refractivity contribution is 5.99. The third-order valence-electron chi connectivity index (χ3n) is 5.57. The SMILES string of the molecule is Cc1ccc2c(C)c(C(=O)N3Cc4nnc(C5CC5)n4[C@@H](C)C3)oc2c1. The van der Waals surface area contributed by atoms with Crippen molar-refractivity contribution in [2.24, 2.45) is 0 Å². The minimum Gasteiger partial charge on any atom is -0.451 e. The van der Waals surface area contributed by atoms with Gasteiger partial charge >= 0.3 is 0 Å². The number of hydrogen-bond acceptors (Lipinski definition) is 4. The van der Waals surface area contributed by atoms with Crippen molar-refractivity contribution in [3.8, 4) is 0 Å². The molecule has 6 nitrogen and oxygen atoms in total. The molecule has 2 aliphatic rings. The van der Waals surface area contributed by atoms with E-state index in [9.17, 15) is 4.79 Å². The number of hydrogen-bond donors (Lipinski definition) is 0. The number of fused-ring (bicyclic) bond motifs is 2. The van der Waals surface area contributed by atoms with Crippen LogP contribution in [0.3, 0.4) is 0 Å². The van der Waals surface area contributed by atoms with Crippen molar-refractivity contribution in [2.45, 2.75) is 52.1 Å². The maximum Gasteiger partial charge on any atom is 0.290 e. The van der Waals surface area contributed by atoms with E-state index in [-0.39, 0.29) is 11.9 Å². The monoisotopic (exact) mass is 350 g/mol. The Kier molecular flexibility index (Phi) is 3.26. The van der Waals surface area contributed by atoms with Crippen molar-refractivity contribution in [1.82, 2.24) is 19.7 Å². The summed E-state index contributed by atoms with van der Waals surface area (Å²) < 4.78 is 8.17. The fourth-order valence-corrected chi connectivity index (χ4v) is 4.02. The van der Waals surface area contributed by atoms with Crippen LogP contribution in [0.4, 0.5) is 0 Å². The number of rotatable bonds is 2. The highest BCUT2D eigenvalue weighted by Crippen LogP contribution is 2.41. The molecule has 0 radical (unpaired) electrons. The van der Waals surface area contributed by atoms with E-state index in [0.29, 0.717) is 24.8 Å². The molecule has 0 bridgehead atoms. The lowest BCUT2D eigenvalue weighted by atomic mass is 10.1. The van der Waals surface area contributed by atoms with Crippen LogP contribution in [-0.4, -0.2) is 32.1 Å². The number of amides is 1. The molecule has 1 amide bonds. The maximum absolute atomic E-state index is 13.2. The molecule has 6 heteroatoms. The van der Waals surface area contributed by atoms with Crippen LogP contribution in [0.25, 0.3) is 11.0 Å². The Labute approximate surface area is 151 Å². The lowest BCUT2D eigenvalue weighted by Crippen LogP contribution is -2.40. The summed E-state index contributed by atoms with van der Waals surface area (Å²) in [7, 11) is 0. The number of carbonyl (C=O) groups is 1. The summed E-state index contributed by atoms with van der Waals surface area (Å²) in [6.45, 7) is 7.25. The normalized spacial score (nSPS) is 19.8. The van der Waals surface area contributed by atoms with Gasteiger partial charge in [-0.25, -0.2) is 0 Å². The molecule has 0 unspecified atom stereocenters. The summed E-state index contributed by atoms with van der Waals surface area (Å²) in [6.07, 6.45) is 2.40. The molecule has 2 aromatic heterocycles. The van der Waals surface area contributed by atoms with Gasteiger partial charge in [-0.2, -0.15) is 0 Å². The van der Waals surface area contributed by atoms with E-state index < -0.39 is 0 Å². The van der Waals surface area contributed by atoms with Crippen molar-refractivity contribution in [3.63, 3.8) is 0 Å². The Morgan fingerprint density at radius 3 is 2.81 bits per heavy atom.